The van der Waals surface area contributed by atoms with Gasteiger partial charge in [0.1, 0.15) is 28.3 Å². The Hall–Kier alpha value is -5.68. The molecule has 0 saturated carbocycles. The summed E-state index contributed by atoms with van der Waals surface area (Å²) in [6.07, 6.45) is 3.81. The number of benzene rings is 4. The first-order valence-electron chi connectivity index (χ1n) is 18.1. The zero-order chi connectivity index (χ0) is 40.0. The van der Waals surface area contributed by atoms with Crippen molar-refractivity contribution in [3.63, 3.8) is 0 Å². The average molecular weight is 764 g/mol. The quantitative estimate of drug-likeness (QED) is 0.0332. The molecule has 0 atom stereocenters. The van der Waals surface area contributed by atoms with E-state index in [1.54, 1.807) is 68.6 Å². The van der Waals surface area contributed by atoms with E-state index in [1.165, 1.54) is 11.3 Å². The van der Waals surface area contributed by atoms with E-state index in [2.05, 4.69) is 35.9 Å². The van der Waals surface area contributed by atoms with Gasteiger partial charge in [-0.05, 0) is 120 Å². The molecule has 5 aromatic rings. The summed E-state index contributed by atoms with van der Waals surface area (Å²) in [4.78, 5) is 30.5. The third-order valence-corrected chi connectivity index (χ3v) is 9.26. The Morgan fingerprint density at radius 1 is 0.855 bits per heavy atom. The first kappa shape index (κ1) is 40.5. The molecular weight excluding hydrogens is 715 g/mol. The van der Waals surface area contributed by atoms with Crippen LogP contribution in [0, 0.1) is 5.92 Å². The van der Waals surface area contributed by atoms with Crippen LogP contribution in [0.15, 0.2) is 103 Å². The number of ether oxygens (including phenoxy) is 4. The molecule has 2 N–H and O–H groups in total. The number of nitrogens with zero attached hydrogens (tertiary/aromatic N) is 2. The van der Waals surface area contributed by atoms with Crippen molar-refractivity contribution in [3.8, 4) is 34.1 Å². The molecular formula is C44H49N3O7S. The standard InChI is InChI=1S/C44H49N3O7S/c1-10-39(49)54-44(8,9)27-43(6,7)53-37-24-31(18-22-36(37)52-42(4,5)25-28(2)3)40(50)51-35-21-17-30(29-15-19-33(48)20-16-29)23-32(35)26-45-47-41-46-34-13-11-12-14-38(34)55-41/h10-24,26,28,48H,1,25,27H2,2-9H3,(H,46,47)/b45-26+. The molecule has 0 fully saturated rings. The Balaban J connectivity index is 1.46. The number of fused-ring (bicyclic) bond motifs is 1. The van der Waals surface area contributed by atoms with Crippen molar-refractivity contribution in [3.05, 3.63) is 109 Å². The summed E-state index contributed by atoms with van der Waals surface area (Å²) in [5.74, 6) is 0.451. The first-order chi connectivity index (χ1) is 25.9. The molecule has 1 heterocycles. The highest BCUT2D eigenvalue weighted by Gasteiger charge is 2.35. The predicted octanol–water partition coefficient (Wildman–Crippen LogP) is 10.6. The smallest absolute Gasteiger partial charge is 0.343 e. The van der Waals surface area contributed by atoms with Crippen LogP contribution in [-0.2, 0) is 9.53 Å². The van der Waals surface area contributed by atoms with Gasteiger partial charge in [-0.3, -0.25) is 5.43 Å². The highest BCUT2D eigenvalue weighted by atomic mass is 32.1. The molecule has 0 saturated heterocycles. The SMILES string of the molecule is C=CC(=O)OC(C)(C)CC(C)(C)Oc1cc(C(=O)Oc2ccc(-c3ccc(O)cc3)cc2/C=N/Nc2nc3ccccc3s2)ccc1OC(C)(C)CC(C)C. The molecule has 0 amide bonds. The Bertz CT molecular complexity index is 2150. The number of hydrogen-bond acceptors (Lipinski definition) is 11. The van der Waals surface area contributed by atoms with Crippen molar-refractivity contribution in [1.29, 1.82) is 0 Å². The van der Waals surface area contributed by atoms with Gasteiger partial charge in [-0.2, -0.15) is 5.10 Å². The number of carbonyl (C=O) groups is 2. The molecule has 0 radical (unpaired) electrons. The number of hydrazone groups is 1. The van der Waals surface area contributed by atoms with Crippen LogP contribution >= 0.6 is 11.3 Å². The normalized spacial score (nSPS) is 12.2. The molecule has 0 aliphatic carbocycles. The zero-order valence-electron chi connectivity index (χ0n) is 32.6. The number of esters is 2. The van der Waals surface area contributed by atoms with E-state index in [9.17, 15) is 14.7 Å². The van der Waals surface area contributed by atoms with E-state index in [0.717, 1.165) is 33.8 Å². The summed E-state index contributed by atoms with van der Waals surface area (Å²) in [7, 11) is 0. The summed E-state index contributed by atoms with van der Waals surface area (Å²) in [6, 6.07) is 25.0. The lowest BCUT2D eigenvalue weighted by molar-refractivity contribution is -0.154. The lowest BCUT2D eigenvalue weighted by Crippen LogP contribution is -2.40. The van der Waals surface area contributed by atoms with E-state index < -0.39 is 28.7 Å². The topological polar surface area (TPSA) is 129 Å². The Labute approximate surface area is 326 Å². The van der Waals surface area contributed by atoms with Crippen LogP contribution in [0.4, 0.5) is 5.13 Å². The second-order valence-corrected chi connectivity index (χ2v) is 16.6. The minimum atomic E-state index is -0.880. The van der Waals surface area contributed by atoms with Crippen LogP contribution < -0.4 is 19.6 Å². The van der Waals surface area contributed by atoms with Gasteiger partial charge in [-0.15, -0.1) is 0 Å². The van der Waals surface area contributed by atoms with E-state index >= 15 is 0 Å². The molecule has 4 aromatic carbocycles. The monoisotopic (exact) mass is 763 g/mol. The summed E-state index contributed by atoms with van der Waals surface area (Å²) >= 11 is 1.47. The lowest BCUT2D eigenvalue weighted by atomic mass is 9.92. The van der Waals surface area contributed by atoms with Crippen LogP contribution in [0.5, 0.6) is 23.0 Å². The minimum Gasteiger partial charge on any atom is -0.508 e. The number of para-hydroxylation sites is 1. The van der Waals surface area contributed by atoms with Crippen molar-refractivity contribution in [2.75, 3.05) is 5.43 Å². The molecule has 0 bridgehead atoms. The van der Waals surface area contributed by atoms with Crippen molar-refractivity contribution in [2.45, 2.75) is 85.0 Å². The number of aromatic hydroxyl groups is 1. The third-order valence-electron chi connectivity index (χ3n) is 8.32. The highest BCUT2D eigenvalue weighted by molar-refractivity contribution is 7.22. The number of anilines is 1. The fraction of sp³-hybridized carbons (Fsp3) is 0.318. The van der Waals surface area contributed by atoms with Crippen molar-refractivity contribution in [1.82, 2.24) is 4.98 Å². The number of aromatic nitrogens is 1. The number of hydrogen-bond donors (Lipinski definition) is 2. The fourth-order valence-electron chi connectivity index (χ4n) is 6.64. The second kappa shape index (κ2) is 16.8. The number of phenols is 1. The molecule has 0 unspecified atom stereocenters. The molecule has 5 rings (SSSR count). The summed E-state index contributed by atoms with van der Waals surface area (Å²) in [5, 5.41) is 14.9. The van der Waals surface area contributed by atoms with Crippen LogP contribution in [0.3, 0.4) is 0 Å². The largest absolute Gasteiger partial charge is 0.508 e. The fourth-order valence-corrected chi connectivity index (χ4v) is 7.46. The molecule has 10 nitrogen and oxygen atoms in total. The van der Waals surface area contributed by atoms with Crippen molar-refractivity contribution >= 4 is 44.8 Å². The maximum absolute atomic E-state index is 13.9. The maximum Gasteiger partial charge on any atom is 0.343 e. The Morgan fingerprint density at radius 2 is 1.53 bits per heavy atom. The Morgan fingerprint density at radius 3 is 2.22 bits per heavy atom. The van der Waals surface area contributed by atoms with Crippen molar-refractivity contribution in [2.24, 2.45) is 11.0 Å². The van der Waals surface area contributed by atoms with Gasteiger partial charge >= 0.3 is 11.9 Å². The highest BCUT2D eigenvalue weighted by Crippen LogP contribution is 2.38. The number of phenolic OH excluding ortho intramolecular Hbond substituents is 1. The second-order valence-electron chi connectivity index (χ2n) is 15.6. The van der Waals surface area contributed by atoms with E-state index in [1.807, 2.05) is 64.1 Å². The van der Waals surface area contributed by atoms with E-state index in [0.29, 0.717) is 34.5 Å². The zero-order valence-corrected chi connectivity index (χ0v) is 33.5. The molecule has 55 heavy (non-hydrogen) atoms. The molecule has 1 aromatic heterocycles. The molecule has 288 valence electrons. The molecule has 0 spiro atoms. The van der Waals surface area contributed by atoms with E-state index in [4.69, 9.17) is 18.9 Å². The van der Waals surface area contributed by atoms with Gasteiger partial charge < -0.3 is 24.1 Å². The van der Waals surface area contributed by atoms with Gasteiger partial charge in [0.25, 0.3) is 0 Å². The van der Waals surface area contributed by atoms with Crippen LogP contribution in [0.25, 0.3) is 21.3 Å². The maximum atomic E-state index is 13.9. The molecule has 0 aliphatic rings. The van der Waals surface area contributed by atoms with Gasteiger partial charge in [0.2, 0.25) is 5.13 Å². The summed E-state index contributed by atoms with van der Waals surface area (Å²) in [5.41, 5.74) is 4.01. The number of rotatable bonds is 16. The number of thiazole rings is 1. The number of carbonyl (C=O) groups excluding carboxylic acids is 2. The average Bonchev–Trinajstić information content (AvgIpc) is 3.51. The molecule has 11 heteroatoms. The third kappa shape index (κ3) is 11.4. The Kier molecular flexibility index (Phi) is 12.4. The number of nitrogens with one attached hydrogen (secondary N) is 1. The summed E-state index contributed by atoms with van der Waals surface area (Å²) in [6.45, 7) is 19.2. The van der Waals surface area contributed by atoms with Crippen LogP contribution in [0.2, 0.25) is 0 Å². The van der Waals surface area contributed by atoms with Crippen LogP contribution in [0.1, 0.15) is 84.2 Å². The van der Waals surface area contributed by atoms with E-state index in [-0.39, 0.29) is 17.1 Å². The molecule has 0 aliphatic heterocycles. The predicted molar refractivity (Wildman–Crippen MR) is 220 cm³/mol. The minimum absolute atomic E-state index is 0.155. The van der Waals surface area contributed by atoms with Crippen molar-refractivity contribution < 1.29 is 33.6 Å². The van der Waals surface area contributed by atoms with Gasteiger partial charge in [0.05, 0.1) is 22.0 Å². The van der Waals surface area contributed by atoms with Crippen LogP contribution in [-0.4, -0.2) is 45.0 Å². The first-order valence-corrected chi connectivity index (χ1v) is 18.9. The van der Waals surface area contributed by atoms with Gasteiger partial charge in [-0.1, -0.05) is 62.1 Å². The lowest BCUT2D eigenvalue weighted by Gasteiger charge is -2.36. The van der Waals surface area contributed by atoms with Gasteiger partial charge in [-0.25, -0.2) is 14.6 Å². The van der Waals surface area contributed by atoms with Gasteiger partial charge in [0.15, 0.2) is 11.5 Å². The van der Waals surface area contributed by atoms with Gasteiger partial charge in [0, 0.05) is 18.1 Å². The summed E-state index contributed by atoms with van der Waals surface area (Å²) < 4.78 is 25.8.